The predicted octanol–water partition coefficient (Wildman–Crippen LogP) is 4.00. The Labute approximate surface area is 173 Å². The Balaban J connectivity index is 2.02. The van der Waals surface area contributed by atoms with Gasteiger partial charge in [0.05, 0.1) is 37.1 Å². The van der Waals surface area contributed by atoms with Gasteiger partial charge in [-0.3, -0.25) is 14.5 Å². The maximum atomic E-state index is 13.1. The third kappa shape index (κ3) is 6.77. The van der Waals surface area contributed by atoms with Gasteiger partial charge in [-0.25, -0.2) is 0 Å². The molecule has 0 aliphatic rings. The number of hydrogen-bond acceptors (Lipinski definition) is 4. The Hall–Kier alpha value is -3.07. The molecule has 2 rings (SSSR count). The van der Waals surface area contributed by atoms with Gasteiger partial charge in [-0.1, -0.05) is 31.2 Å². The Morgan fingerprint density at radius 3 is 2.03 bits per heavy atom. The Morgan fingerprint density at radius 2 is 1.47 bits per heavy atom. The minimum atomic E-state index is -4.58. The summed E-state index contributed by atoms with van der Waals surface area (Å²) in [7, 11) is 1.48. The molecule has 0 saturated carbocycles. The third-order valence-corrected chi connectivity index (χ3v) is 4.16. The highest BCUT2D eigenvalue weighted by Crippen LogP contribution is 2.34. The number of para-hydroxylation sites is 3. The van der Waals surface area contributed by atoms with E-state index in [1.165, 1.54) is 25.3 Å². The second-order valence-electron chi connectivity index (χ2n) is 6.55. The molecule has 0 heterocycles. The molecular weight excluding hydrogens is 399 g/mol. The highest BCUT2D eigenvalue weighted by atomic mass is 19.4. The zero-order chi connectivity index (χ0) is 22.1. The number of halogens is 3. The number of carbonyl (C=O) groups excluding carboxylic acids is 2. The molecule has 9 heteroatoms. The minimum absolute atomic E-state index is 0.0970. The summed E-state index contributed by atoms with van der Waals surface area (Å²) in [5.74, 6) is -0.504. The third-order valence-electron chi connectivity index (χ3n) is 4.16. The molecule has 2 aromatic rings. The van der Waals surface area contributed by atoms with Crippen LogP contribution < -0.4 is 15.4 Å². The highest BCUT2D eigenvalue weighted by molar-refractivity contribution is 5.95. The molecule has 6 nitrogen and oxygen atoms in total. The lowest BCUT2D eigenvalue weighted by Crippen LogP contribution is -2.39. The van der Waals surface area contributed by atoms with E-state index in [1.807, 2.05) is 6.92 Å². The van der Waals surface area contributed by atoms with Crippen LogP contribution in [0.1, 0.15) is 18.9 Å². The van der Waals surface area contributed by atoms with E-state index in [0.29, 0.717) is 24.4 Å². The van der Waals surface area contributed by atoms with Crippen LogP contribution in [0.3, 0.4) is 0 Å². The topological polar surface area (TPSA) is 70.7 Å². The predicted molar refractivity (Wildman–Crippen MR) is 108 cm³/mol. The van der Waals surface area contributed by atoms with Crippen LogP contribution in [0.15, 0.2) is 48.5 Å². The monoisotopic (exact) mass is 423 g/mol. The van der Waals surface area contributed by atoms with Crippen molar-refractivity contribution in [2.75, 3.05) is 37.4 Å². The maximum Gasteiger partial charge on any atom is 0.418 e. The van der Waals surface area contributed by atoms with Gasteiger partial charge in [-0.15, -0.1) is 0 Å². The van der Waals surface area contributed by atoms with Crippen LogP contribution in [-0.4, -0.2) is 43.5 Å². The summed E-state index contributed by atoms with van der Waals surface area (Å²) in [5.41, 5.74) is -0.746. The second kappa shape index (κ2) is 10.6. The lowest BCUT2D eigenvalue weighted by Gasteiger charge is -2.21. The van der Waals surface area contributed by atoms with E-state index in [2.05, 4.69) is 10.6 Å². The van der Waals surface area contributed by atoms with Crippen LogP contribution in [0, 0.1) is 0 Å². The molecule has 162 valence electrons. The molecular formula is C21H24F3N3O3. The number of amides is 2. The van der Waals surface area contributed by atoms with Crippen LogP contribution in [0.2, 0.25) is 0 Å². The van der Waals surface area contributed by atoms with Crippen LogP contribution in [0.25, 0.3) is 0 Å². The largest absolute Gasteiger partial charge is 0.495 e. The van der Waals surface area contributed by atoms with Crippen molar-refractivity contribution in [1.82, 2.24) is 4.90 Å². The van der Waals surface area contributed by atoms with Crippen molar-refractivity contribution >= 4 is 23.2 Å². The van der Waals surface area contributed by atoms with Gasteiger partial charge >= 0.3 is 6.18 Å². The molecule has 0 aliphatic heterocycles. The summed E-state index contributed by atoms with van der Waals surface area (Å²) in [6.45, 7) is 1.98. The molecule has 0 radical (unpaired) electrons. The van der Waals surface area contributed by atoms with E-state index in [1.54, 1.807) is 29.2 Å². The first-order valence-electron chi connectivity index (χ1n) is 9.36. The lowest BCUT2D eigenvalue weighted by atomic mass is 10.1. The van der Waals surface area contributed by atoms with Crippen molar-refractivity contribution in [3.8, 4) is 5.75 Å². The number of benzene rings is 2. The number of nitrogens with zero attached hydrogens (tertiary/aromatic N) is 1. The maximum absolute atomic E-state index is 13.1. The van der Waals surface area contributed by atoms with E-state index in [-0.39, 0.29) is 24.7 Å². The summed E-state index contributed by atoms with van der Waals surface area (Å²) in [4.78, 5) is 26.3. The summed E-state index contributed by atoms with van der Waals surface area (Å²) >= 11 is 0. The molecule has 0 spiro atoms. The molecule has 0 bridgehead atoms. The lowest BCUT2D eigenvalue weighted by molar-refractivity contribution is -0.137. The summed E-state index contributed by atoms with van der Waals surface area (Å²) in [5, 5.41) is 5.01. The van der Waals surface area contributed by atoms with E-state index in [0.717, 1.165) is 6.07 Å². The molecule has 30 heavy (non-hydrogen) atoms. The normalized spacial score (nSPS) is 11.3. The molecule has 0 unspecified atom stereocenters. The van der Waals surface area contributed by atoms with E-state index < -0.39 is 17.6 Å². The van der Waals surface area contributed by atoms with E-state index >= 15 is 0 Å². The van der Waals surface area contributed by atoms with Crippen LogP contribution >= 0.6 is 0 Å². The Morgan fingerprint density at radius 1 is 0.933 bits per heavy atom. The fourth-order valence-electron chi connectivity index (χ4n) is 2.90. The standard InChI is InChI=1S/C21H24F3N3O3/c1-3-12-27(14-20(29)26-17-10-6-7-11-18(17)30-2)13-19(28)25-16-9-5-4-8-15(16)21(22,23)24/h4-11H,3,12-14H2,1-2H3,(H,25,28)(H,26,29). The molecule has 0 saturated heterocycles. The van der Waals surface area contributed by atoms with Crippen molar-refractivity contribution < 1.29 is 27.5 Å². The summed E-state index contributed by atoms with van der Waals surface area (Å²) < 4.78 is 44.5. The number of rotatable bonds is 9. The first-order valence-corrected chi connectivity index (χ1v) is 9.36. The fraction of sp³-hybridized carbons (Fsp3) is 0.333. The number of hydrogen-bond donors (Lipinski definition) is 2. The molecule has 2 aromatic carbocycles. The highest BCUT2D eigenvalue weighted by Gasteiger charge is 2.33. The fourth-order valence-corrected chi connectivity index (χ4v) is 2.90. The van der Waals surface area contributed by atoms with Gasteiger partial charge in [0.15, 0.2) is 0 Å². The summed E-state index contributed by atoms with van der Waals surface area (Å²) in [6, 6.07) is 11.7. The molecule has 0 fully saturated rings. The average Bonchev–Trinajstić information content (AvgIpc) is 2.68. The first kappa shape index (κ1) is 23.2. The van der Waals surface area contributed by atoms with Gasteiger partial charge in [0.2, 0.25) is 11.8 Å². The minimum Gasteiger partial charge on any atom is -0.495 e. The molecule has 0 aromatic heterocycles. The molecule has 0 aliphatic carbocycles. The molecule has 2 N–H and O–H groups in total. The first-order chi connectivity index (χ1) is 14.2. The quantitative estimate of drug-likeness (QED) is 0.640. The number of nitrogens with one attached hydrogen (secondary N) is 2. The van der Waals surface area contributed by atoms with Gasteiger partial charge in [0.25, 0.3) is 0 Å². The van der Waals surface area contributed by atoms with Crippen molar-refractivity contribution in [1.29, 1.82) is 0 Å². The number of carbonyl (C=O) groups is 2. The number of anilines is 2. The average molecular weight is 423 g/mol. The smallest absolute Gasteiger partial charge is 0.418 e. The van der Waals surface area contributed by atoms with Crippen LogP contribution in [-0.2, 0) is 15.8 Å². The van der Waals surface area contributed by atoms with Crippen LogP contribution in [0.5, 0.6) is 5.75 Å². The Kier molecular flexibility index (Phi) is 8.23. The zero-order valence-electron chi connectivity index (χ0n) is 16.8. The Bertz CT molecular complexity index is 872. The number of methoxy groups -OCH3 is 1. The molecule has 0 atom stereocenters. The number of alkyl halides is 3. The van der Waals surface area contributed by atoms with Gasteiger partial charge in [-0.2, -0.15) is 13.2 Å². The second-order valence-corrected chi connectivity index (χ2v) is 6.55. The zero-order valence-corrected chi connectivity index (χ0v) is 16.8. The SMILES string of the molecule is CCCN(CC(=O)Nc1ccccc1OC)CC(=O)Nc1ccccc1C(F)(F)F. The van der Waals surface area contributed by atoms with Gasteiger partial charge in [-0.05, 0) is 37.2 Å². The summed E-state index contributed by atoms with van der Waals surface area (Å²) in [6.07, 6.45) is -3.92. The van der Waals surface area contributed by atoms with Crippen molar-refractivity contribution in [3.63, 3.8) is 0 Å². The van der Waals surface area contributed by atoms with Crippen molar-refractivity contribution in [2.45, 2.75) is 19.5 Å². The van der Waals surface area contributed by atoms with E-state index in [9.17, 15) is 22.8 Å². The van der Waals surface area contributed by atoms with Crippen molar-refractivity contribution in [2.24, 2.45) is 0 Å². The van der Waals surface area contributed by atoms with Gasteiger partial charge < -0.3 is 15.4 Å². The van der Waals surface area contributed by atoms with Crippen LogP contribution in [0.4, 0.5) is 24.5 Å². The van der Waals surface area contributed by atoms with Crippen molar-refractivity contribution in [3.05, 3.63) is 54.1 Å². The van der Waals surface area contributed by atoms with E-state index in [4.69, 9.17) is 4.74 Å². The number of ether oxygens (including phenoxy) is 1. The van der Waals surface area contributed by atoms with Gasteiger partial charge in [0.1, 0.15) is 5.75 Å². The van der Waals surface area contributed by atoms with Gasteiger partial charge in [0, 0.05) is 0 Å². The molecule has 2 amide bonds.